The quantitative estimate of drug-likeness (QED) is 0.722. The zero-order valence-corrected chi connectivity index (χ0v) is 12.5. The zero-order valence-electron chi connectivity index (χ0n) is 11.8. The van der Waals surface area contributed by atoms with Gasteiger partial charge in [0.15, 0.2) is 0 Å². The molecule has 106 valence electrons. The molecule has 21 heavy (non-hydrogen) atoms. The van der Waals surface area contributed by atoms with Gasteiger partial charge >= 0.3 is 0 Å². The summed E-state index contributed by atoms with van der Waals surface area (Å²) in [6.45, 7) is 0.626. The van der Waals surface area contributed by atoms with Crippen LogP contribution in [0, 0.1) is 0 Å². The highest BCUT2D eigenvalue weighted by Crippen LogP contribution is 2.27. The molecule has 3 rings (SSSR count). The molecule has 3 heteroatoms. The van der Waals surface area contributed by atoms with Crippen molar-refractivity contribution in [3.05, 3.63) is 71.2 Å². The highest BCUT2D eigenvalue weighted by Gasteiger charge is 2.07. The Morgan fingerprint density at radius 1 is 0.952 bits per heavy atom. The molecule has 0 atom stereocenters. The molecule has 0 fully saturated rings. The minimum Gasteiger partial charge on any atom is -0.496 e. The molecule has 2 nitrogen and oxygen atoms in total. The van der Waals surface area contributed by atoms with E-state index in [2.05, 4.69) is 35.6 Å². The molecule has 0 aromatic heterocycles. The highest BCUT2D eigenvalue weighted by atomic mass is 35.5. The van der Waals surface area contributed by atoms with Gasteiger partial charge in [0.2, 0.25) is 0 Å². The van der Waals surface area contributed by atoms with Gasteiger partial charge in [-0.2, -0.15) is 0 Å². The van der Waals surface area contributed by atoms with E-state index in [0.29, 0.717) is 11.6 Å². The minimum absolute atomic E-state index is 0.626. The van der Waals surface area contributed by atoms with Crippen LogP contribution in [0.3, 0.4) is 0 Å². The van der Waals surface area contributed by atoms with Crippen molar-refractivity contribution < 1.29 is 4.74 Å². The number of nitrogens with one attached hydrogen (secondary N) is 1. The summed E-state index contributed by atoms with van der Waals surface area (Å²) in [5.74, 6) is 0.802. The fourth-order valence-corrected chi connectivity index (χ4v) is 2.62. The number of methoxy groups -OCH3 is 1. The molecular weight excluding hydrogens is 282 g/mol. The van der Waals surface area contributed by atoms with Crippen molar-refractivity contribution in [3.8, 4) is 5.75 Å². The monoisotopic (exact) mass is 297 g/mol. The Morgan fingerprint density at radius 3 is 2.57 bits per heavy atom. The first-order valence-electron chi connectivity index (χ1n) is 6.82. The molecule has 0 aliphatic carbocycles. The van der Waals surface area contributed by atoms with E-state index in [1.165, 1.54) is 10.8 Å². The molecule has 0 aliphatic rings. The van der Waals surface area contributed by atoms with Gasteiger partial charge in [0, 0.05) is 22.8 Å². The highest BCUT2D eigenvalue weighted by molar-refractivity contribution is 6.31. The maximum absolute atomic E-state index is 6.25. The number of fused-ring (bicyclic) bond motifs is 1. The molecule has 0 amide bonds. The lowest BCUT2D eigenvalue weighted by molar-refractivity contribution is 0.410. The first kappa shape index (κ1) is 13.8. The summed E-state index contributed by atoms with van der Waals surface area (Å²) >= 11 is 6.25. The zero-order chi connectivity index (χ0) is 14.7. The van der Waals surface area contributed by atoms with Crippen LogP contribution in [0.15, 0.2) is 60.7 Å². The van der Waals surface area contributed by atoms with Crippen LogP contribution < -0.4 is 10.1 Å². The predicted molar refractivity (Wildman–Crippen MR) is 89.3 cm³/mol. The Labute approximate surface area is 129 Å². The van der Waals surface area contributed by atoms with Gasteiger partial charge in [-0.3, -0.25) is 0 Å². The number of hydrogen-bond donors (Lipinski definition) is 1. The summed E-state index contributed by atoms with van der Waals surface area (Å²) < 4.78 is 5.36. The third-order valence-corrected chi connectivity index (χ3v) is 3.87. The minimum atomic E-state index is 0.626. The van der Waals surface area contributed by atoms with Crippen LogP contribution in [0.5, 0.6) is 5.75 Å². The van der Waals surface area contributed by atoms with Gasteiger partial charge < -0.3 is 10.1 Å². The lowest BCUT2D eigenvalue weighted by atomic mass is 10.1. The van der Waals surface area contributed by atoms with Crippen molar-refractivity contribution >= 4 is 28.1 Å². The Morgan fingerprint density at radius 2 is 1.76 bits per heavy atom. The first-order chi connectivity index (χ1) is 10.3. The summed E-state index contributed by atoms with van der Waals surface area (Å²) in [6.07, 6.45) is 0. The smallest absolute Gasteiger partial charge is 0.125 e. The largest absolute Gasteiger partial charge is 0.496 e. The maximum Gasteiger partial charge on any atom is 0.125 e. The second-order valence-electron chi connectivity index (χ2n) is 4.84. The van der Waals surface area contributed by atoms with Crippen molar-refractivity contribution in [2.24, 2.45) is 0 Å². The number of rotatable bonds is 4. The van der Waals surface area contributed by atoms with E-state index in [1.54, 1.807) is 7.11 Å². The van der Waals surface area contributed by atoms with Gasteiger partial charge in [0.1, 0.15) is 5.75 Å². The van der Waals surface area contributed by atoms with E-state index in [9.17, 15) is 0 Å². The van der Waals surface area contributed by atoms with Crippen LogP contribution in [0.1, 0.15) is 5.56 Å². The molecule has 0 spiro atoms. The molecule has 0 saturated carbocycles. The van der Waals surface area contributed by atoms with Crippen LogP contribution in [0.25, 0.3) is 10.8 Å². The van der Waals surface area contributed by atoms with E-state index in [0.717, 1.165) is 17.0 Å². The van der Waals surface area contributed by atoms with Crippen molar-refractivity contribution in [1.82, 2.24) is 0 Å². The lowest BCUT2D eigenvalue weighted by Crippen LogP contribution is -2.02. The van der Waals surface area contributed by atoms with Crippen LogP contribution in [0.2, 0.25) is 5.02 Å². The normalized spacial score (nSPS) is 10.6. The summed E-state index contributed by atoms with van der Waals surface area (Å²) in [5, 5.41) is 6.57. The summed E-state index contributed by atoms with van der Waals surface area (Å²) in [5.41, 5.74) is 2.03. The Kier molecular flexibility index (Phi) is 3.98. The van der Waals surface area contributed by atoms with Gasteiger partial charge in [-0.25, -0.2) is 0 Å². The molecule has 0 heterocycles. The van der Waals surface area contributed by atoms with Gasteiger partial charge in [-0.15, -0.1) is 0 Å². The summed E-state index contributed by atoms with van der Waals surface area (Å²) in [7, 11) is 1.66. The average Bonchev–Trinajstić information content (AvgIpc) is 2.53. The number of halogens is 1. The number of anilines is 1. The van der Waals surface area contributed by atoms with E-state index in [4.69, 9.17) is 16.3 Å². The molecule has 0 unspecified atom stereocenters. The molecule has 1 N–H and O–H groups in total. The van der Waals surface area contributed by atoms with Crippen molar-refractivity contribution in [3.63, 3.8) is 0 Å². The standard InChI is InChI=1S/C18H16ClNO/c1-21-18-8-4-7-17(19)16(18)12-20-15-10-9-13-5-2-3-6-14(13)11-15/h2-11,20H,12H2,1H3. The van der Waals surface area contributed by atoms with Crippen molar-refractivity contribution in [2.45, 2.75) is 6.54 Å². The SMILES string of the molecule is COc1cccc(Cl)c1CNc1ccc2ccccc2c1. The topological polar surface area (TPSA) is 21.3 Å². The average molecular weight is 298 g/mol. The number of benzene rings is 3. The summed E-state index contributed by atoms with van der Waals surface area (Å²) in [6, 6.07) is 20.3. The van der Waals surface area contributed by atoms with Crippen LogP contribution in [-0.2, 0) is 6.54 Å². The van der Waals surface area contributed by atoms with Gasteiger partial charge in [0.25, 0.3) is 0 Å². The number of ether oxygens (including phenoxy) is 1. The van der Waals surface area contributed by atoms with E-state index in [-0.39, 0.29) is 0 Å². The van der Waals surface area contributed by atoms with Crippen LogP contribution in [-0.4, -0.2) is 7.11 Å². The molecule has 0 bridgehead atoms. The van der Waals surface area contributed by atoms with Crippen LogP contribution >= 0.6 is 11.6 Å². The Hall–Kier alpha value is -2.19. The first-order valence-corrected chi connectivity index (χ1v) is 7.20. The molecule has 3 aromatic rings. The summed E-state index contributed by atoms with van der Waals surface area (Å²) in [4.78, 5) is 0. The van der Waals surface area contributed by atoms with E-state index in [1.807, 2.05) is 30.3 Å². The van der Waals surface area contributed by atoms with Gasteiger partial charge in [-0.05, 0) is 35.0 Å². The van der Waals surface area contributed by atoms with E-state index >= 15 is 0 Å². The Balaban J connectivity index is 1.83. The predicted octanol–water partition coefficient (Wildman–Crippen LogP) is 5.11. The molecule has 3 aromatic carbocycles. The fraction of sp³-hybridized carbons (Fsp3) is 0.111. The molecular formula is C18H16ClNO. The second-order valence-corrected chi connectivity index (χ2v) is 5.24. The third kappa shape index (κ3) is 2.96. The molecule has 0 aliphatic heterocycles. The van der Waals surface area contributed by atoms with Gasteiger partial charge in [0.05, 0.1) is 7.11 Å². The maximum atomic E-state index is 6.25. The fourth-order valence-electron chi connectivity index (χ4n) is 2.39. The van der Waals surface area contributed by atoms with Crippen molar-refractivity contribution in [2.75, 3.05) is 12.4 Å². The van der Waals surface area contributed by atoms with Crippen molar-refractivity contribution in [1.29, 1.82) is 0 Å². The Bertz CT molecular complexity index is 770. The van der Waals surface area contributed by atoms with Gasteiger partial charge in [-0.1, -0.05) is 48.0 Å². The third-order valence-electron chi connectivity index (χ3n) is 3.51. The van der Waals surface area contributed by atoms with E-state index < -0.39 is 0 Å². The number of hydrogen-bond acceptors (Lipinski definition) is 2. The molecule has 0 saturated heterocycles. The lowest BCUT2D eigenvalue weighted by Gasteiger charge is -2.12. The second kappa shape index (κ2) is 6.06. The molecule has 0 radical (unpaired) electrons. The van der Waals surface area contributed by atoms with Crippen LogP contribution in [0.4, 0.5) is 5.69 Å².